The lowest BCUT2D eigenvalue weighted by Gasteiger charge is -2.11. The van der Waals surface area contributed by atoms with Gasteiger partial charge in [-0.3, -0.25) is 19.0 Å². The second-order valence-electron chi connectivity index (χ2n) is 8.66. The second-order valence-corrected chi connectivity index (χ2v) is 9.74. The summed E-state index contributed by atoms with van der Waals surface area (Å²) in [5.74, 6) is 0.0859. The maximum atomic E-state index is 13.0. The number of amides is 2. The van der Waals surface area contributed by atoms with Gasteiger partial charge in [0.05, 0.1) is 11.7 Å². The van der Waals surface area contributed by atoms with Crippen molar-refractivity contribution in [3.05, 3.63) is 51.4 Å². The van der Waals surface area contributed by atoms with Gasteiger partial charge in [0.25, 0.3) is 5.56 Å². The van der Waals surface area contributed by atoms with Gasteiger partial charge in [-0.2, -0.15) is 0 Å². The largest absolute Gasteiger partial charge is 0.326 e. The van der Waals surface area contributed by atoms with E-state index in [1.54, 1.807) is 41.9 Å². The zero-order chi connectivity index (χ0) is 22.7. The number of hydrogen-bond acceptors (Lipinski definition) is 5. The zero-order valence-electron chi connectivity index (χ0n) is 18.4. The highest BCUT2D eigenvalue weighted by molar-refractivity contribution is 7.18. The number of aryl methyl sites for hydroxylation is 3. The summed E-state index contributed by atoms with van der Waals surface area (Å²) in [6, 6.07) is 7.02. The van der Waals surface area contributed by atoms with E-state index in [1.165, 1.54) is 15.9 Å². The maximum Gasteiger partial charge on any atom is 0.262 e. The van der Waals surface area contributed by atoms with Crippen LogP contribution in [-0.2, 0) is 29.0 Å². The highest BCUT2D eigenvalue weighted by Crippen LogP contribution is 2.33. The minimum Gasteiger partial charge on any atom is -0.326 e. The predicted octanol–water partition coefficient (Wildman–Crippen LogP) is 4.35. The summed E-state index contributed by atoms with van der Waals surface area (Å²) in [5.41, 5.74) is 2.44. The number of benzene rings is 1. The SMILES string of the molecule is CC(C)CC(=O)Nc1ccc(NC(=O)CCn2cnc3sc4c(c3c2=O)CCCC4)cc1. The van der Waals surface area contributed by atoms with E-state index in [-0.39, 0.29) is 30.3 Å². The maximum absolute atomic E-state index is 13.0. The molecule has 1 aliphatic rings. The van der Waals surface area contributed by atoms with Crippen LogP contribution in [0.25, 0.3) is 10.2 Å². The Hall–Kier alpha value is -3.00. The Bertz CT molecular complexity index is 1190. The fourth-order valence-electron chi connectivity index (χ4n) is 4.01. The number of nitrogens with zero attached hydrogens (tertiary/aromatic N) is 2. The van der Waals surface area contributed by atoms with Gasteiger partial charge in [-0.25, -0.2) is 4.98 Å². The zero-order valence-corrected chi connectivity index (χ0v) is 19.3. The van der Waals surface area contributed by atoms with Gasteiger partial charge in [-0.15, -0.1) is 11.3 Å². The number of carbonyl (C=O) groups is 2. The van der Waals surface area contributed by atoms with E-state index < -0.39 is 0 Å². The molecule has 0 aliphatic heterocycles. The Balaban J connectivity index is 1.36. The molecule has 1 aliphatic carbocycles. The van der Waals surface area contributed by atoms with Crippen molar-refractivity contribution < 1.29 is 9.59 Å². The molecule has 3 aromatic rings. The number of rotatable bonds is 7. The van der Waals surface area contributed by atoms with E-state index >= 15 is 0 Å². The fraction of sp³-hybridized carbons (Fsp3) is 0.417. The molecule has 2 amide bonds. The van der Waals surface area contributed by atoms with Crippen LogP contribution in [0.3, 0.4) is 0 Å². The van der Waals surface area contributed by atoms with Crippen LogP contribution < -0.4 is 16.2 Å². The number of thiophene rings is 1. The van der Waals surface area contributed by atoms with Crippen molar-refractivity contribution in [3.63, 3.8) is 0 Å². The third-order valence-electron chi connectivity index (χ3n) is 5.57. The van der Waals surface area contributed by atoms with Crippen LogP contribution in [0.4, 0.5) is 11.4 Å². The van der Waals surface area contributed by atoms with Crippen LogP contribution >= 0.6 is 11.3 Å². The third-order valence-corrected chi connectivity index (χ3v) is 6.77. The summed E-state index contributed by atoms with van der Waals surface area (Å²) >= 11 is 1.63. The fourth-order valence-corrected chi connectivity index (χ4v) is 5.23. The minimum atomic E-state index is -0.180. The highest BCUT2D eigenvalue weighted by atomic mass is 32.1. The molecule has 0 bridgehead atoms. The molecule has 0 saturated carbocycles. The quantitative estimate of drug-likeness (QED) is 0.557. The topological polar surface area (TPSA) is 93.1 Å². The van der Waals surface area contributed by atoms with Gasteiger partial charge in [0.15, 0.2) is 0 Å². The first-order valence-corrected chi connectivity index (χ1v) is 11.9. The van der Waals surface area contributed by atoms with E-state index in [9.17, 15) is 14.4 Å². The molecule has 1 aromatic carbocycles. The molecule has 7 nitrogen and oxygen atoms in total. The first-order chi connectivity index (χ1) is 15.4. The Morgan fingerprint density at radius 1 is 1.06 bits per heavy atom. The van der Waals surface area contributed by atoms with Crippen molar-refractivity contribution >= 4 is 44.7 Å². The number of anilines is 2. The second kappa shape index (κ2) is 9.65. The molecule has 0 spiro atoms. The lowest BCUT2D eigenvalue weighted by atomic mass is 9.97. The number of fused-ring (bicyclic) bond motifs is 3. The Morgan fingerprint density at radius 2 is 1.72 bits per heavy atom. The van der Waals surface area contributed by atoms with E-state index in [0.29, 0.717) is 23.7 Å². The monoisotopic (exact) mass is 452 g/mol. The van der Waals surface area contributed by atoms with Gasteiger partial charge in [0.1, 0.15) is 4.83 Å². The van der Waals surface area contributed by atoms with Gasteiger partial charge < -0.3 is 10.6 Å². The third kappa shape index (κ3) is 5.07. The molecule has 0 radical (unpaired) electrons. The molecule has 2 heterocycles. The van der Waals surface area contributed by atoms with Gasteiger partial charge in [-0.05, 0) is 61.4 Å². The number of nitrogens with one attached hydrogen (secondary N) is 2. The Morgan fingerprint density at radius 3 is 2.41 bits per heavy atom. The van der Waals surface area contributed by atoms with E-state index in [4.69, 9.17) is 0 Å². The molecule has 0 atom stereocenters. The van der Waals surface area contributed by atoms with Gasteiger partial charge >= 0.3 is 0 Å². The lowest BCUT2D eigenvalue weighted by Crippen LogP contribution is -2.24. The van der Waals surface area contributed by atoms with Gasteiger partial charge in [0.2, 0.25) is 11.8 Å². The standard InChI is InChI=1S/C24H28N4O3S/c1-15(2)13-21(30)27-17-9-7-16(8-10-17)26-20(29)11-12-28-14-25-23-22(24(28)31)18-5-3-4-6-19(18)32-23/h7-10,14-15H,3-6,11-13H2,1-2H3,(H,26,29)(H,27,30). The first-order valence-electron chi connectivity index (χ1n) is 11.1. The molecule has 168 valence electrons. The Kier molecular flexibility index (Phi) is 6.69. The van der Waals surface area contributed by atoms with Crippen molar-refractivity contribution in [2.24, 2.45) is 5.92 Å². The molecular formula is C24H28N4O3S. The summed E-state index contributed by atoms with van der Waals surface area (Å²) in [7, 11) is 0. The predicted molar refractivity (Wildman–Crippen MR) is 128 cm³/mol. The molecule has 2 aromatic heterocycles. The van der Waals surface area contributed by atoms with Crippen LogP contribution in [0.1, 0.15) is 50.0 Å². The van der Waals surface area contributed by atoms with Crippen LogP contribution in [-0.4, -0.2) is 21.4 Å². The van der Waals surface area contributed by atoms with Crippen LogP contribution in [0.15, 0.2) is 35.4 Å². The van der Waals surface area contributed by atoms with Crippen LogP contribution in [0, 0.1) is 5.92 Å². The molecule has 0 fully saturated rings. The average Bonchev–Trinajstić information content (AvgIpc) is 3.13. The van der Waals surface area contributed by atoms with E-state index in [2.05, 4.69) is 15.6 Å². The van der Waals surface area contributed by atoms with Gasteiger partial charge in [-0.1, -0.05) is 13.8 Å². The number of carbonyl (C=O) groups excluding carboxylic acids is 2. The molecule has 8 heteroatoms. The minimum absolute atomic E-state index is 0.0281. The molecule has 2 N–H and O–H groups in total. The summed E-state index contributed by atoms with van der Waals surface area (Å²) in [6.07, 6.45) is 6.42. The van der Waals surface area contributed by atoms with E-state index in [0.717, 1.165) is 35.0 Å². The number of hydrogen-bond donors (Lipinski definition) is 2. The van der Waals surface area contributed by atoms with Gasteiger partial charge in [0, 0.05) is 35.6 Å². The first kappa shape index (κ1) is 22.2. The van der Waals surface area contributed by atoms with Crippen molar-refractivity contribution in [1.82, 2.24) is 9.55 Å². The van der Waals surface area contributed by atoms with Crippen molar-refractivity contribution in [2.75, 3.05) is 10.6 Å². The van der Waals surface area contributed by atoms with Crippen molar-refractivity contribution in [1.29, 1.82) is 0 Å². The summed E-state index contributed by atoms with van der Waals surface area (Å²) in [5, 5.41) is 6.42. The summed E-state index contributed by atoms with van der Waals surface area (Å²) in [6.45, 7) is 4.27. The normalized spacial score (nSPS) is 13.2. The molecule has 0 saturated heterocycles. The van der Waals surface area contributed by atoms with Crippen molar-refractivity contribution in [3.8, 4) is 0 Å². The molecule has 4 rings (SSSR count). The van der Waals surface area contributed by atoms with Crippen LogP contribution in [0.2, 0.25) is 0 Å². The smallest absolute Gasteiger partial charge is 0.262 e. The van der Waals surface area contributed by atoms with Crippen molar-refractivity contribution in [2.45, 2.75) is 58.9 Å². The highest BCUT2D eigenvalue weighted by Gasteiger charge is 2.20. The molecule has 32 heavy (non-hydrogen) atoms. The number of aromatic nitrogens is 2. The Labute approximate surface area is 190 Å². The summed E-state index contributed by atoms with van der Waals surface area (Å²) < 4.78 is 1.54. The molecule has 0 unspecified atom stereocenters. The molecular weight excluding hydrogens is 424 g/mol. The average molecular weight is 453 g/mol. The summed E-state index contributed by atoms with van der Waals surface area (Å²) in [4.78, 5) is 43.8. The van der Waals surface area contributed by atoms with Crippen LogP contribution in [0.5, 0.6) is 0 Å². The van der Waals surface area contributed by atoms with E-state index in [1.807, 2.05) is 13.8 Å². The lowest BCUT2D eigenvalue weighted by molar-refractivity contribution is -0.117.